The van der Waals surface area contributed by atoms with Gasteiger partial charge in [-0.3, -0.25) is 4.79 Å². The number of rotatable bonds is 4. The molecule has 1 unspecified atom stereocenters. The molecule has 0 aromatic carbocycles. The average molecular weight is 252 g/mol. The fraction of sp³-hybridized carbons (Fsp3) is 0.933. The van der Waals surface area contributed by atoms with Crippen LogP contribution in [0.1, 0.15) is 58.8 Å². The molecule has 2 aliphatic rings. The Hall–Kier alpha value is -0.570. The highest BCUT2D eigenvalue weighted by atomic mass is 16.1. The number of piperidine rings is 1. The first kappa shape index (κ1) is 13.9. The van der Waals surface area contributed by atoms with Crippen molar-refractivity contribution in [2.24, 2.45) is 11.3 Å². The summed E-state index contributed by atoms with van der Waals surface area (Å²) in [6.45, 7) is 6.50. The molecule has 2 rings (SSSR count). The molecule has 0 radical (unpaired) electrons. The summed E-state index contributed by atoms with van der Waals surface area (Å²) in [6, 6.07) is 0.342. The zero-order chi connectivity index (χ0) is 13.0. The summed E-state index contributed by atoms with van der Waals surface area (Å²) in [7, 11) is 0. The van der Waals surface area contributed by atoms with Crippen LogP contribution in [0.2, 0.25) is 0 Å². The Morgan fingerprint density at radius 2 is 2.00 bits per heavy atom. The lowest BCUT2D eigenvalue weighted by Gasteiger charge is -2.39. The van der Waals surface area contributed by atoms with Crippen LogP contribution in [-0.4, -0.2) is 25.0 Å². The molecule has 0 spiro atoms. The third-order valence-electron chi connectivity index (χ3n) is 4.72. The molecular formula is C15H28N2O. The summed E-state index contributed by atoms with van der Waals surface area (Å²) < 4.78 is 0. The maximum atomic E-state index is 12.0. The third kappa shape index (κ3) is 3.71. The highest BCUT2D eigenvalue weighted by Gasteiger charge is 2.33. The van der Waals surface area contributed by atoms with Crippen molar-refractivity contribution in [2.45, 2.75) is 64.8 Å². The first-order chi connectivity index (χ1) is 8.58. The van der Waals surface area contributed by atoms with Gasteiger partial charge in [0.15, 0.2) is 0 Å². The zero-order valence-corrected chi connectivity index (χ0v) is 11.9. The molecule has 1 aliphatic heterocycles. The number of hydrogen-bond acceptors (Lipinski definition) is 2. The smallest absolute Gasteiger partial charge is 0.220 e. The van der Waals surface area contributed by atoms with Gasteiger partial charge in [-0.2, -0.15) is 0 Å². The summed E-state index contributed by atoms with van der Waals surface area (Å²) in [6.07, 6.45) is 8.30. The quantitative estimate of drug-likeness (QED) is 0.807. The second-order valence-corrected chi connectivity index (χ2v) is 6.76. The standard InChI is InChI=1S/C15H28N2O/c1-15(2)11-16-10-9-13(15)17-14(18)8-7-12-5-3-4-6-12/h12-13,16H,3-11H2,1-2H3,(H,17,18). The predicted octanol–water partition coefficient (Wildman–Crippen LogP) is 2.46. The van der Waals surface area contributed by atoms with Crippen molar-refractivity contribution in [3.8, 4) is 0 Å². The third-order valence-corrected chi connectivity index (χ3v) is 4.72. The van der Waals surface area contributed by atoms with Crippen LogP contribution < -0.4 is 10.6 Å². The molecule has 104 valence electrons. The van der Waals surface area contributed by atoms with Crippen LogP contribution in [-0.2, 0) is 4.79 Å². The molecule has 1 amide bonds. The van der Waals surface area contributed by atoms with Crippen molar-refractivity contribution < 1.29 is 4.79 Å². The van der Waals surface area contributed by atoms with E-state index < -0.39 is 0 Å². The van der Waals surface area contributed by atoms with Gasteiger partial charge < -0.3 is 10.6 Å². The van der Waals surface area contributed by atoms with Crippen molar-refractivity contribution in [3.05, 3.63) is 0 Å². The fourth-order valence-electron chi connectivity index (χ4n) is 3.34. The van der Waals surface area contributed by atoms with E-state index in [0.717, 1.165) is 38.3 Å². The second kappa shape index (κ2) is 6.05. The topological polar surface area (TPSA) is 41.1 Å². The van der Waals surface area contributed by atoms with Crippen molar-refractivity contribution in [2.75, 3.05) is 13.1 Å². The van der Waals surface area contributed by atoms with Gasteiger partial charge in [0.25, 0.3) is 0 Å². The summed E-state index contributed by atoms with van der Waals surface area (Å²) in [5.74, 6) is 1.08. The molecule has 1 saturated carbocycles. The minimum Gasteiger partial charge on any atom is -0.353 e. The molecule has 18 heavy (non-hydrogen) atoms. The van der Waals surface area contributed by atoms with Gasteiger partial charge >= 0.3 is 0 Å². The Morgan fingerprint density at radius 3 is 2.67 bits per heavy atom. The highest BCUT2D eigenvalue weighted by molar-refractivity contribution is 5.76. The minimum atomic E-state index is 0.182. The summed E-state index contributed by atoms with van der Waals surface area (Å²) in [5, 5.41) is 6.66. The van der Waals surface area contributed by atoms with Gasteiger partial charge in [0.1, 0.15) is 0 Å². The summed E-state index contributed by atoms with van der Waals surface area (Å²) in [5.41, 5.74) is 0.182. The number of amides is 1. The maximum Gasteiger partial charge on any atom is 0.220 e. The molecule has 2 N–H and O–H groups in total. The Bertz CT molecular complexity index is 282. The van der Waals surface area contributed by atoms with Gasteiger partial charge in [0.2, 0.25) is 5.91 Å². The molecule has 2 fully saturated rings. The molecular weight excluding hydrogens is 224 g/mol. The van der Waals surface area contributed by atoms with Crippen LogP contribution in [0.15, 0.2) is 0 Å². The number of hydrogen-bond donors (Lipinski definition) is 2. The van der Waals surface area contributed by atoms with Gasteiger partial charge in [-0.05, 0) is 30.7 Å². The second-order valence-electron chi connectivity index (χ2n) is 6.76. The van der Waals surface area contributed by atoms with E-state index in [1.54, 1.807) is 0 Å². The Morgan fingerprint density at radius 1 is 1.28 bits per heavy atom. The number of nitrogens with one attached hydrogen (secondary N) is 2. The summed E-state index contributed by atoms with van der Waals surface area (Å²) >= 11 is 0. The SMILES string of the molecule is CC1(C)CNCCC1NC(=O)CCC1CCCC1. The van der Waals surface area contributed by atoms with E-state index in [2.05, 4.69) is 24.5 Å². The maximum absolute atomic E-state index is 12.0. The Labute approximate surface area is 111 Å². The van der Waals surface area contributed by atoms with Crippen molar-refractivity contribution in [1.29, 1.82) is 0 Å². The van der Waals surface area contributed by atoms with E-state index in [4.69, 9.17) is 0 Å². The molecule has 1 aliphatic carbocycles. The van der Waals surface area contributed by atoms with Crippen LogP contribution in [0.5, 0.6) is 0 Å². The fourth-order valence-corrected chi connectivity index (χ4v) is 3.34. The number of carbonyl (C=O) groups is 1. The van der Waals surface area contributed by atoms with Gasteiger partial charge in [0.05, 0.1) is 0 Å². The van der Waals surface area contributed by atoms with E-state index in [9.17, 15) is 4.79 Å². The highest BCUT2D eigenvalue weighted by Crippen LogP contribution is 2.29. The lowest BCUT2D eigenvalue weighted by atomic mass is 9.80. The average Bonchev–Trinajstić information content (AvgIpc) is 2.82. The van der Waals surface area contributed by atoms with E-state index in [-0.39, 0.29) is 11.3 Å². The number of carbonyl (C=O) groups excluding carboxylic acids is 1. The molecule has 3 heteroatoms. The van der Waals surface area contributed by atoms with Crippen LogP contribution in [0, 0.1) is 11.3 Å². The minimum absolute atomic E-state index is 0.182. The molecule has 0 aromatic rings. The van der Waals surface area contributed by atoms with E-state index in [1.165, 1.54) is 25.7 Å². The van der Waals surface area contributed by atoms with Crippen LogP contribution in [0.4, 0.5) is 0 Å². The molecule has 1 saturated heterocycles. The van der Waals surface area contributed by atoms with Crippen LogP contribution >= 0.6 is 0 Å². The zero-order valence-electron chi connectivity index (χ0n) is 11.9. The van der Waals surface area contributed by atoms with Crippen LogP contribution in [0.25, 0.3) is 0 Å². The van der Waals surface area contributed by atoms with Gasteiger partial charge in [0, 0.05) is 19.0 Å². The van der Waals surface area contributed by atoms with E-state index in [1.807, 2.05) is 0 Å². The first-order valence-electron chi connectivity index (χ1n) is 7.58. The molecule has 3 nitrogen and oxygen atoms in total. The van der Waals surface area contributed by atoms with E-state index >= 15 is 0 Å². The van der Waals surface area contributed by atoms with E-state index in [0.29, 0.717) is 6.04 Å². The van der Waals surface area contributed by atoms with Crippen molar-refractivity contribution >= 4 is 5.91 Å². The Balaban J connectivity index is 1.72. The molecule has 1 atom stereocenters. The molecule has 0 bridgehead atoms. The largest absolute Gasteiger partial charge is 0.353 e. The van der Waals surface area contributed by atoms with Gasteiger partial charge in [-0.15, -0.1) is 0 Å². The predicted molar refractivity (Wildman–Crippen MR) is 74.4 cm³/mol. The first-order valence-corrected chi connectivity index (χ1v) is 7.58. The van der Waals surface area contributed by atoms with Gasteiger partial charge in [-0.1, -0.05) is 39.5 Å². The Kier molecular flexibility index (Phi) is 4.66. The monoisotopic (exact) mass is 252 g/mol. The molecule has 1 heterocycles. The summed E-state index contributed by atoms with van der Waals surface area (Å²) in [4.78, 5) is 12.0. The van der Waals surface area contributed by atoms with Crippen molar-refractivity contribution in [1.82, 2.24) is 10.6 Å². The van der Waals surface area contributed by atoms with Crippen molar-refractivity contribution in [3.63, 3.8) is 0 Å². The van der Waals surface area contributed by atoms with Gasteiger partial charge in [-0.25, -0.2) is 0 Å². The molecule has 0 aromatic heterocycles. The van der Waals surface area contributed by atoms with Crippen LogP contribution in [0.3, 0.4) is 0 Å². The normalized spacial score (nSPS) is 28.2. The lowest BCUT2D eigenvalue weighted by Crippen LogP contribution is -2.54. The lowest BCUT2D eigenvalue weighted by molar-refractivity contribution is -0.123.